The molecule has 2 aliphatic rings. The van der Waals surface area contributed by atoms with Crippen LogP contribution in [0.15, 0.2) is 53.3 Å². The van der Waals surface area contributed by atoms with Gasteiger partial charge in [0.1, 0.15) is 18.1 Å². The second-order valence-corrected chi connectivity index (χ2v) is 13.4. The molecule has 2 amide bonds. The zero-order chi connectivity index (χ0) is 28.8. The van der Waals surface area contributed by atoms with Crippen molar-refractivity contribution in [2.45, 2.75) is 45.4 Å². The maximum absolute atomic E-state index is 12.4. The van der Waals surface area contributed by atoms with Crippen LogP contribution in [0.4, 0.5) is 16.3 Å². The summed E-state index contributed by atoms with van der Waals surface area (Å²) >= 11 is 1.60. The summed E-state index contributed by atoms with van der Waals surface area (Å²) in [6, 6.07) is 11.0. The predicted octanol–water partition coefficient (Wildman–Crippen LogP) is 6.65. The minimum absolute atomic E-state index is 0.188. The molecule has 5 aromatic rings. The van der Waals surface area contributed by atoms with Gasteiger partial charge in [0.15, 0.2) is 16.4 Å². The van der Waals surface area contributed by atoms with Crippen LogP contribution < -0.4 is 15.4 Å². The number of carbonyl (C=O) groups excluding carboxylic acids is 1. The van der Waals surface area contributed by atoms with Crippen molar-refractivity contribution in [2.24, 2.45) is 11.8 Å². The maximum Gasteiger partial charge on any atom is 0.324 e. The number of rotatable bonds is 7. The number of pyridine rings is 1. The summed E-state index contributed by atoms with van der Waals surface area (Å²) in [5, 5.41) is 9.46. The van der Waals surface area contributed by atoms with E-state index in [1.54, 1.807) is 23.6 Å². The fourth-order valence-corrected chi connectivity index (χ4v) is 7.07. The molecule has 10 nitrogen and oxygen atoms in total. The first-order chi connectivity index (χ1) is 20.3. The molecule has 42 heavy (non-hydrogen) atoms. The molecule has 0 radical (unpaired) electrons. The highest BCUT2D eigenvalue weighted by atomic mass is 32.1. The molecule has 1 aliphatic carbocycles. The molecule has 0 bridgehead atoms. The molecule has 11 heteroatoms. The lowest BCUT2D eigenvalue weighted by molar-refractivity contribution is 0.227. The molecule has 1 aliphatic heterocycles. The van der Waals surface area contributed by atoms with Crippen LogP contribution in [-0.4, -0.2) is 56.7 Å². The van der Waals surface area contributed by atoms with E-state index in [1.165, 1.54) is 32.4 Å². The van der Waals surface area contributed by atoms with E-state index in [0.29, 0.717) is 23.9 Å². The molecule has 1 saturated carbocycles. The number of benzene rings is 1. The third-order valence-corrected chi connectivity index (χ3v) is 9.31. The third kappa shape index (κ3) is 5.46. The van der Waals surface area contributed by atoms with Gasteiger partial charge in [-0.25, -0.2) is 14.8 Å². The number of nitrogens with one attached hydrogen (secondary N) is 2. The van der Waals surface area contributed by atoms with E-state index in [2.05, 4.69) is 26.8 Å². The van der Waals surface area contributed by atoms with Crippen molar-refractivity contribution in [3.8, 4) is 17.0 Å². The van der Waals surface area contributed by atoms with E-state index in [1.807, 2.05) is 55.6 Å². The first-order valence-corrected chi connectivity index (χ1v) is 15.4. The SMILES string of the molecule is CC(C)(C)c1cc(NC(=O)Nc2ccc(-c3cn4c(n3)sc3cc(OCCN5CC6CCCC6C5)cnc34)cc2)no1. The van der Waals surface area contributed by atoms with Crippen LogP contribution in [0.1, 0.15) is 45.8 Å². The van der Waals surface area contributed by atoms with Crippen LogP contribution in [-0.2, 0) is 5.41 Å². The highest BCUT2D eigenvalue weighted by Crippen LogP contribution is 2.37. The lowest BCUT2D eigenvalue weighted by Gasteiger charge is -2.16. The van der Waals surface area contributed by atoms with Gasteiger partial charge in [-0.05, 0) is 36.8 Å². The Balaban J connectivity index is 0.964. The smallest absolute Gasteiger partial charge is 0.324 e. The number of carbonyl (C=O) groups is 1. The number of nitrogens with zero attached hydrogens (tertiary/aromatic N) is 5. The van der Waals surface area contributed by atoms with Gasteiger partial charge in [0.25, 0.3) is 0 Å². The molecule has 7 rings (SSSR count). The Hall–Kier alpha value is -3.96. The van der Waals surface area contributed by atoms with Gasteiger partial charge >= 0.3 is 6.03 Å². The molecule has 2 unspecified atom stereocenters. The molecule has 5 heterocycles. The van der Waals surface area contributed by atoms with Gasteiger partial charge in [-0.3, -0.25) is 14.6 Å². The minimum atomic E-state index is -0.391. The molecule has 2 N–H and O–H groups in total. The van der Waals surface area contributed by atoms with Crippen LogP contribution in [0.2, 0.25) is 0 Å². The average molecular weight is 586 g/mol. The number of ether oxygens (including phenoxy) is 1. The minimum Gasteiger partial charge on any atom is -0.491 e. The van der Waals surface area contributed by atoms with E-state index < -0.39 is 6.03 Å². The highest BCUT2D eigenvalue weighted by Gasteiger charge is 2.35. The molecule has 2 fully saturated rings. The second-order valence-electron chi connectivity index (χ2n) is 12.4. The van der Waals surface area contributed by atoms with Crippen LogP contribution in [0.25, 0.3) is 26.6 Å². The predicted molar refractivity (Wildman–Crippen MR) is 164 cm³/mol. The summed E-state index contributed by atoms with van der Waals surface area (Å²) in [7, 11) is 0. The van der Waals surface area contributed by atoms with E-state index in [4.69, 9.17) is 19.2 Å². The number of fused-ring (bicyclic) bond motifs is 4. The van der Waals surface area contributed by atoms with Crippen molar-refractivity contribution in [3.05, 3.63) is 54.6 Å². The lowest BCUT2D eigenvalue weighted by Crippen LogP contribution is -2.27. The molecule has 2 atom stereocenters. The molecule has 218 valence electrons. The topological polar surface area (TPSA) is 110 Å². The van der Waals surface area contributed by atoms with Crippen molar-refractivity contribution in [2.75, 3.05) is 36.9 Å². The quantitative estimate of drug-likeness (QED) is 0.220. The molecule has 0 spiro atoms. The molecule has 4 aromatic heterocycles. The van der Waals surface area contributed by atoms with Gasteiger partial charge < -0.3 is 14.6 Å². The zero-order valence-electron chi connectivity index (χ0n) is 24.1. The zero-order valence-corrected chi connectivity index (χ0v) is 24.9. The largest absolute Gasteiger partial charge is 0.491 e. The van der Waals surface area contributed by atoms with Crippen LogP contribution >= 0.6 is 11.3 Å². The fraction of sp³-hybridized carbons (Fsp3) is 0.419. The maximum atomic E-state index is 12.4. The van der Waals surface area contributed by atoms with E-state index in [-0.39, 0.29) is 5.41 Å². The Morgan fingerprint density at radius 1 is 1.12 bits per heavy atom. The Morgan fingerprint density at radius 3 is 2.64 bits per heavy atom. The van der Waals surface area contributed by atoms with Gasteiger partial charge in [-0.2, -0.15) is 0 Å². The number of amides is 2. The first kappa shape index (κ1) is 26.9. The number of thiazole rings is 1. The van der Waals surface area contributed by atoms with Crippen LogP contribution in [0.3, 0.4) is 0 Å². The standard InChI is InChI=1S/C31H35N7O3S/c1-31(2,3)26-14-27(36-41-26)35-29(39)33-22-9-7-19(8-10-22)24-18-38-28-25(42-30(38)34-24)13-23(15-32-28)40-12-11-37-16-20-5-4-6-21(20)17-37/h7-10,13-15,18,20-21H,4-6,11-12,16-17H2,1-3H3,(H2,33,35,36,39). The molecular weight excluding hydrogens is 550 g/mol. The molecule has 1 saturated heterocycles. The third-order valence-electron chi connectivity index (χ3n) is 8.32. The van der Waals surface area contributed by atoms with Gasteiger partial charge in [0.05, 0.1) is 16.6 Å². The number of hydrogen-bond donors (Lipinski definition) is 2. The van der Waals surface area contributed by atoms with Gasteiger partial charge in [-0.15, -0.1) is 0 Å². The summed E-state index contributed by atoms with van der Waals surface area (Å²) in [4.78, 5) is 25.4. The molecule has 1 aromatic carbocycles. The van der Waals surface area contributed by atoms with Crippen molar-refractivity contribution in [1.82, 2.24) is 24.4 Å². The number of urea groups is 1. The van der Waals surface area contributed by atoms with Crippen molar-refractivity contribution in [3.63, 3.8) is 0 Å². The fourth-order valence-electron chi connectivity index (χ4n) is 6.08. The van der Waals surface area contributed by atoms with E-state index in [0.717, 1.165) is 50.7 Å². The number of anilines is 2. The van der Waals surface area contributed by atoms with Gasteiger partial charge in [0, 0.05) is 54.6 Å². The molecular formula is C31H35N7O3S. The van der Waals surface area contributed by atoms with Gasteiger partial charge in [0.2, 0.25) is 0 Å². The van der Waals surface area contributed by atoms with E-state index in [9.17, 15) is 4.79 Å². The Bertz CT molecular complexity index is 1720. The summed E-state index contributed by atoms with van der Waals surface area (Å²) in [6.07, 6.45) is 8.01. The summed E-state index contributed by atoms with van der Waals surface area (Å²) < 4.78 is 14.5. The van der Waals surface area contributed by atoms with Crippen molar-refractivity contribution >= 4 is 44.2 Å². The van der Waals surface area contributed by atoms with Crippen LogP contribution in [0.5, 0.6) is 5.75 Å². The van der Waals surface area contributed by atoms with Crippen molar-refractivity contribution in [1.29, 1.82) is 0 Å². The number of hydrogen-bond acceptors (Lipinski definition) is 8. The summed E-state index contributed by atoms with van der Waals surface area (Å²) in [6.45, 7) is 10.2. The Morgan fingerprint density at radius 2 is 1.90 bits per heavy atom. The Labute approximate surface area is 248 Å². The first-order valence-electron chi connectivity index (χ1n) is 14.6. The number of imidazole rings is 1. The number of likely N-dealkylation sites (tertiary alicyclic amines) is 1. The van der Waals surface area contributed by atoms with Crippen LogP contribution in [0, 0.1) is 11.8 Å². The monoisotopic (exact) mass is 585 g/mol. The summed E-state index contributed by atoms with van der Waals surface area (Å²) in [5.41, 5.74) is 3.12. The van der Waals surface area contributed by atoms with Crippen molar-refractivity contribution < 1.29 is 14.1 Å². The van der Waals surface area contributed by atoms with Gasteiger partial charge in [-0.1, -0.05) is 55.8 Å². The second kappa shape index (κ2) is 10.7. The summed E-state index contributed by atoms with van der Waals surface area (Å²) in [5.74, 6) is 3.69. The average Bonchev–Trinajstić information content (AvgIpc) is 3.75. The lowest BCUT2D eigenvalue weighted by atomic mass is 9.93. The normalized spacial score (nSPS) is 19.0. The number of aromatic nitrogens is 4. The highest BCUT2D eigenvalue weighted by molar-refractivity contribution is 7.23. The van der Waals surface area contributed by atoms with E-state index >= 15 is 0 Å². The Kier molecular flexibility index (Phi) is 6.86.